The van der Waals surface area contributed by atoms with Gasteiger partial charge in [0.05, 0.1) is 13.2 Å². The SMILES string of the molecule is C=CC1CCC(c2ccc(C3CCC(C4OCC(F)(CCC)CO4)CC3)cc2F)CC1. The van der Waals surface area contributed by atoms with Gasteiger partial charge in [-0.05, 0) is 92.7 Å². The van der Waals surface area contributed by atoms with Crippen LogP contribution < -0.4 is 0 Å². The summed E-state index contributed by atoms with van der Waals surface area (Å²) in [6.45, 7) is 6.18. The van der Waals surface area contributed by atoms with Gasteiger partial charge in [0.1, 0.15) is 5.82 Å². The summed E-state index contributed by atoms with van der Waals surface area (Å²) in [5.41, 5.74) is 0.688. The second-order valence-electron chi connectivity index (χ2n) is 10.1. The number of allylic oxidation sites excluding steroid dienone is 1. The second kappa shape index (κ2) is 10.1. The lowest BCUT2D eigenvalue weighted by Crippen LogP contribution is -2.46. The molecule has 0 amide bonds. The van der Waals surface area contributed by atoms with Crippen LogP contribution in [0, 0.1) is 17.7 Å². The van der Waals surface area contributed by atoms with Gasteiger partial charge < -0.3 is 9.47 Å². The van der Waals surface area contributed by atoms with Crippen LogP contribution in [0.2, 0.25) is 0 Å². The fourth-order valence-electron chi connectivity index (χ4n) is 5.94. The molecule has 2 nitrogen and oxygen atoms in total. The molecule has 0 N–H and O–H groups in total. The van der Waals surface area contributed by atoms with Gasteiger partial charge in [-0.2, -0.15) is 0 Å². The summed E-state index contributed by atoms with van der Waals surface area (Å²) in [6.07, 6.45) is 11.4. The maximum absolute atomic E-state index is 15.0. The Morgan fingerprint density at radius 3 is 2.23 bits per heavy atom. The van der Waals surface area contributed by atoms with Crippen molar-refractivity contribution in [3.63, 3.8) is 0 Å². The number of halogens is 2. The van der Waals surface area contributed by atoms with Gasteiger partial charge in [0.25, 0.3) is 0 Å². The van der Waals surface area contributed by atoms with Crippen LogP contribution in [0.1, 0.15) is 94.1 Å². The lowest BCUT2D eigenvalue weighted by Gasteiger charge is -2.40. The first-order valence-corrected chi connectivity index (χ1v) is 12.4. The molecule has 2 saturated carbocycles. The summed E-state index contributed by atoms with van der Waals surface area (Å²) in [6, 6.07) is 5.98. The zero-order valence-corrected chi connectivity index (χ0v) is 19.0. The maximum atomic E-state index is 15.0. The summed E-state index contributed by atoms with van der Waals surface area (Å²) in [4.78, 5) is 0. The van der Waals surface area contributed by atoms with Crippen LogP contribution in [0.5, 0.6) is 0 Å². The first-order valence-electron chi connectivity index (χ1n) is 12.4. The number of hydrogen-bond donors (Lipinski definition) is 0. The molecule has 4 rings (SSSR count). The summed E-state index contributed by atoms with van der Waals surface area (Å²) in [5.74, 6) is 1.61. The smallest absolute Gasteiger partial charge is 0.160 e. The molecular weight excluding hydrogens is 394 g/mol. The van der Waals surface area contributed by atoms with Crippen molar-refractivity contribution in [1.82, 2.24) is 0 Å². The molecule has 0 aromatic heterocycles. The van der Waals surface area contributed by atoms with Crippen molar-refractivity contribution >= 4 is 0 Å². The molecule has 0 radical (unpaired) electrons. The zero-order chi connectivity index (χ0) is 21.8. The standard InChI is InChI=1S/C27H38F2O2/c1-3-15-27(29)17-30-26(31-18-27)22-11-9-20(10-12-22)23-13-14-24(25(28)16-23)21-7-5-19(4-2)6-8-21/h4,13-14,16,19-22,26H,2-3,5-12,15,17-18H2,1H3. The van der Waals surface area contributed by atoms with E-state index in [2.05, 4.69) is 18.7 Å². The van der Waals surface area contributed by atoms with E-state index >= 15 is 0 Å². The third-order valence-electron chi connectivity index (χ3n) is 7.91. The van der Waals surface area contributed by atoms with Gasteiger partial charge >= 0.3 is 0 Å². The van der Waals surface area contributed by atoms with E-state index in [0.717, 1.165) is 68.9 Å². The summed E-state index contributed by atoms with van der Waals surface area (Å²) in [7, 11) is 0. The topological polar surface area (TPSA) is 18.5 Å². The van der Waals surface area contributed by atoms with Crippen LogP contribution in [0.3, 0.4) is 0 Å². The summed E-state index contributed by atoms with van der Waals surface area (Å²) in [5, 5.41) is 0. The first kappa shape index (κ1) is 22.9. The van der Waals surface area contributed by atoms with Crippen LogP contribution in [0.25, 0.3) is 0 Å². The number of ether oxygens (including phenoxy) is 2. The average Bonchev–Trinajstić information content (AvgIpc) is 2.80. The minimum absolute atomic E-state index is 0.0316. The highest BCUT2D eigenvalue weighted by molar-refractivity contribution is 5.30. The Balaban J connectivity index is 1.29. The van der Waals surface area contributed by atoms with Crippen molar-refractivity contribution in [2.45, 2.75) is 94.9 Å². The Morgan fingerprint density at radius 1 is 1.00 bits per heavy atom. The first-order chi connectivity index (χ1) is 15.0. The van der Waals surface area contributed by atoms with Gasteiger partial charge in [0.15, 0.2) is 12.0 Å². The molecule has 1 heterocycles. The Bertz CT molecular complexity index is 725. The lowest BCUT2D eigenvalue weighted by atomic mass is 9.76. The maximum Gasteiger partial charge on any atom is 0.160 e. The predicted octanol–water partition coefficient (Wildman–Crippen LogP) is 7.44. The van der Waals surface area contributed by atoms with Crippen molar-refractivity contribution in [2.24, 2.45) is 11.8 Å². The van der Waals surface area contributed by atoms with Gasteiger partial charge in [-0.1, -0.05) is 31.6 Å². The third-order valence-corrected chi connectivity index (χ3v) is 7.91. The van der Waals surface area contributed by atoms with Gasteiger partial charge in [-0.25, -0.2) is 8.78 Å². The van der Waals surface area contributed by atoms with E-state index in [4.69, 9.17) is 9.47 Å². The molecule has 3 aliphatic rings. The molecule has 172 valence electrons. The van der Waals surface area contributed by atoms with Crippen molar-refractivity contribution < 1.29 is 18.3 Å². The average molecular weight is 433 g/mol. The Morgan fingerprint density at radius 2 is 1.65 bits per heavy atom. The fourth-order valence-corrected chi connectivity index (χ4v) is 5.94. The number of alkyl halides is 1. The molecule has 1 saturated heterocycles. The van der Waals surface area contributed by atoms with Crippen molar-refractivity contribution in [3.8, 4) is 0 Å². The molecule has 4 heteroatoms. The minimum Gasteiger partial charge on any atom is -0.349 e. The van der Waals surface area contributed by atoms with Crippen LogP contribution >= 0.6 is 0 Å². The molecule has 0 atom stereocenters. The van der Waals surface area contributed by atoms with Gasteiger partial charge in [-0.3, -0.25) is 0 Å². The second-order valence-corrected chi connectivity index (χ2v) is 10.1. The molecule has 3 fully saturated rings. The fraction of sp³-hybridized carbons (Fsp3) is 0.704. The molecular formula is C27H38F2O2. The highest BCUT2D eigenvalue weighted by Crippen LogP contribution is 2.42. The predicted molar refractivity (Wildman–Crippen MR) is 120 cm³/mol. The van der Waals surface area contributed by atoms with Gasteiger partial charge in [0.2, 0.25) is 0 Å². The molecule has 1 aromatic carbocycles. The molecule has 31 heavy (non-hydrogen) atoms. The van der Waals surface area contributed by atoms with E-state index in [1.165, 1.54) is 0 Å². The number of rotatable bonds is 6. The van der Waals surface area contributed by atoms with Crippen LogP contribution in [-0.4, -0.2) is 25.2 Å². The van der Waals surface area contributed by atoms with E-state index in [9.17, 15) is 8.78 Å². The largest absolute Gasteiger partial charge is 0.349 e. The van der Waals surface area contributed by atoms with E-state index < -0.39 is 5.67 Å². The zero-order valence-electron chi connectivity index (χ0n) is 19.0. The molecule has 0 spiro atoms. The lowest BCUT2D eigenvalue weighted by molar-refractivity contribution is -0.257. The molecule has 1 aromatic rings. The Kier molecular flexibility index (Phi) is 7.48. The van der Waals surface area contributed by atoms with Crippen molar-refractivity contribution in [3.05, 3.63) is 47.8 Å². The van der Waals surface area contributed by atoms with Gasteiger partial charge in [0, 0.05) is 5.92 Å². The highest BCUT2D eigenvalue weighted by atomic mass is 19.1. The summed E-state index contributed by atoms with van der Waals surface area (Å²) < 4.78 is 41.1. The summed E-state index contributed by atoms with van der Waals surface area (Å²) >= 11 is 0. The van der Waals surface area contributed by atoms with Crippen LogP contribution in [0.15, 0.2) is 30.9 Å². The number of benzene rings is 1. The quantitative estimate of drug-likeness (QED) is 0.435. The van der Waals surface area contributed by atoms with Crippen LogP contribution in [0.4, 0.5) is 8.78 Å². The highest BCUT2D eigenvalue weighted by Gasteiger charge is 2.40. The van der Waals surface area contributed by atoms with Crippen molar-refractivity contribution in [1.29, 1.82) is 0 Å². The van der Waals surface area contributed by atoms with E-state index in [1.807, 2.05) is 13.0 Å². The van der Waals surface area contributed by atoms with E-state index in [-0.39, 0.29) is 25.3 Å². The minimum atomic E-state index is -1.33. The van der Waals surface area contributed by atoms with Gasteiger partial charge in [-0.15, -0.1) is 6.58 Å². The normalized spacial score (nSPS) is 36.8. The molecule has 0 unspecified atom stereocenters. The van der Waals surface area contributed by atoms with E-state index in [0.29, 0.717) is 30.1 Å². The third kappa shape index (κ3) is 5.39. The molecule has 2 aliphatic carbocycles. The molecule has 1 aliphatic heterocycles. The monoisotopic (exact) mass is 432 g/mol. The Labute approximate surface area is 186 Å². The molecule has 0 bridgehead atoms. The van der Waals surface area contributed by atoms with Crippen LogP contribution in [-0.2, 0) is 9.47 Å². The van der Waals surface area contributed by atoms with E-state index in [1.54, 1.807) is 6.07 Å². The van der Waals surface area contributed by atoms with Crippen molar-refractivity contribution in [2.75, 3.05) is 13.2 Å². The number of hydrogen-bond acceptors (Lipinski definition) is 2. The Hall–Kier alpha value is -1.26.